The zero-order chi connectivity index (χ0) is 18.4. The van der Waals surface area contributed by atoms with E-state index in [4.69, 9.17) is 23.2 Å². The van der Waals surface area contributed by atoms with Crippen LogP contribution in [0.15, 0.2) is 36.4 Å². The highest BCUT2D eigenvalue weighted by molar-refractivity contribution is 6.33. The van der Waals surface area contributed by atoms with Gasteiger partial charge < -0.3 is 4.57 Å². The van der Waals surface area contributed by atoms with Crippen molar-refractivity contribution in [2.24, 2.45) is 5.92 Å². The molecule has 0 aliphatic carbocycles. The maximum absolute atomic E-state index is 11.9. The summed E-state index contributed by atoms with van der Waals surface area (Å²) in [6.45, 7) is 3.20. The quantitative estimate of drug-likeness (QED) is 0.597. The number of halogens is 2. The van der Waals surface area contributed by atoms with Crippen LogP contribution in [0.25, 0.3) is 21.8 Å². The minimum atomic E-state index is -0.0670. The fraction of sp³-hybridized carbons (Fsp3) is 0.300. The van der Waals surface area contributed by atoms with E-state index in [0.29, 0.717) is 36.0 Å². The van der Waals surface area contributed by atoms with Gasteiger partial charge in [-0.2, -0.15) is 0 Å². The Bertz CT molecular complexity index is 966. The molecule has 1 saturated heterocycles. The number of aromatic nitrogens is 1. The van der Waals surface area contributed by atoms with Crippen molar-refractivity contribution in [3.63, 3.8) is 0 Å². The predicted octanol–water partition coefficient (Wildman–Crippen LogP) is 4.89. The number of fused-ring (bicyclic) bond motifs is 3. The lowest BCUT2D eigenvalue weighted by molar-refractivity contribution is -0.139. The molecule has 6 heteroatoms. The maximum atomic E-state index is 11.9. The van der Waals surface area contributed by atoms with Gasteiger partial charge in [-0.05, 0) is 42.3 Å². The second kappa shape index (κ2) is 6.60. The molecule has 2 aromatic carbocycles. The van der Waals surface area contributed by atoms with Gasteiger partial charge in [0.2, 0.25) is 11.8 Å². The van der Waals surface area contributed by atoms with Crippen LogP contribution in [0.4, 0.5) is 0 Å². The molecular formula is C20H18Cl2N2O2. The standard InChI is InChI=1S/C20H18Cl2N2O2/c1-12(11-24-19(25)6-7-20(24)26)10-23-17-4-2-13(21)8-15(17)16-9-14(22)3-5-18(16)23/h2-5,8-9,12H,6-7,10-11H2,1H3. The van der Waals surface area contributed by atoms with Crippen molar-refractivity contribution < 1.29 is 9.59 Å². The van der Waals surface area contributed by atoms with Gasteiger partial charge in [-0.25, -0.2) is 0 Å². The topological polar surface area (TPSA) is 42.3 Å². The van der Waals surface area contributed by atoms with Crippen LogP contribution in [0.3, 0.4) is 0 Å². The minimum absolute atomic E-state index is 0.0670. The van der Waals surface area contributed by atoms with Crippen LogP contribution < -0.4 is 0 Å². The van der Waals surface area contributed by atoms with Crippen LogP contribution in [0.2, 0.25) is 10.0 Å². The second-order valence-electron chi connectivity index (χ2n) is 6.94. The SMILES string of the molecule is CC(CN1C(=O)CCC1=O)Cn1c2ccc(Cl)cc2c2cc(Cl)ccc21. The van der Waals surface area contributed by atoms with Gasteiger partial charge in [0.1, 0.15) is 0 Å². The van der Waals surface area contributed by atoms with E-state index < -0.39 is 0 Å². The Kier molecular flexibility index (Phi) is 4.41. The first-order valence-corrected chi connectivity index (χ1v) is 9.40. The van der Waals surface area contributed by atoms with Crippen molar-refractivity contribution in [2.45, 2.75) is 26.3 Å². The highest BCUT2D eigenvalue weighted by Gasteiger charge is 2.30. The second-order valence-corrected chi connectivity index (χ2v) is 7.81. The van der Waals surface area contributed by atoms with Crippen molar-refractivity contribution in [1.82, 2.24) is 9.47 Å². The van der Waals surface area contributed by atoms with Crippen LogP contribution in [0.1, 0.15) is 19.8 Å². The van der Waals surface area contributed by atoms with Crippen molar-refractivity contribution in [3.8, 4) is 0 Å². The van der Waals surface area contributed by atoms with E-state index >= 15 is 0 Å². The number of amides is 2. The molecule has 4 nitrogen and oxygen atoms in total. The first-order valence-electron chi connectivity index (χ1n) is 8.64. The molecule has 134 valence electrons. The number of nitrogens with zero attached hydrogens (tertiary/aromatic N) is 2. The van der Waals surface area contributed by atoms with Crippen molar-refractivity contribution in [1.29, 1.82) is 0 Å². The Balaban J connectivity index is 1.73. The molecule has 0 bridgehead atoms. The molecule has 0 N–H and O–H groups in total. The Morgan fingerprint density at radius 2 is 1.38 bits per heavy atom. The molecule has 1 aromatic heterocycles. The molecule has 0 radical (unpaired) electrons. The van der Waals surface area contributed by atoms with Gasteiger partial charge in [0.25, 0.3) is 0 Å². The summed E-state index contributed by atoms with van der Waals surface area (Å²) in [4.78, 5) is 25.2. The lowest BCUT2D eigenvalue weighted by Gasteiger charge is -2.20. The molecule has 26 heavy (non-hydrogen) atoms. The summed E-state index contributed by atoms with van der Waals surface area (Å²) in [7, 11) is 0. The molecule has 1 atom stereocenters. The average Bonchev–Trinajstić information content (AvgIpc) is 3.07. The minimum Gasteiger partial charge on any atom is -0.340 e. The lowest BCUT2D eigenvalue weighted by Crippen LogP contribution is -2.34. The Labute approximate surface area is 161 Å². The van der Waals surface area contributed by atoms with Gasteiger partial charge in [0.05, 0.1) is 0 Å². The third kappa shape index (κ3) is 2.97. The van der Waals surface area contributed by atoms with E-state index in [0.717, 1.165) is 21.8 Å². The first kappa shape index (κ1) is 17.4. The Morgan fingerprint density at radius 1 is 0.885 bits per heavy atom. The summed E-state index contributed by atoms with van der Waals surface area (Å²) in [5, 5.41) is 3.46. The van der Waals surface area contributed by atoms with Crippen LogP contribution in [-0.2, 0) is 16.1 Å². The van der Waals surface area contributed by atoms with Crippen molar-refractivity contribution in [2.75, 3.05) is 6.54 Å². The molecule has 1 fully saturated rings. The monoisotopic (exact) mass is 388 g/mol. The van der Waals surface area contributed by atoms with Crippen LogP contribution in [0.5, 0.6) is 0 Å². The smallest absolute Gasteiger partial charge is 0.229 e. The van der Waals surface area contributed by atoms with Crippen LogP contribution >= 0.6 is 23.2 Å². The zero-order valence-corrected chi connectivity index (χ0v) is 15.8. The normalized spacial score (nSPS) is 16.2. The van der Waals surface area contributed by atoms with Gasteiger partial charge in [-0.1, -0.05) is 30.1 Å². The van der Waals surface area contributed by atoms with E-state index in [1.165, 1.54) is 4.90 Å². The highest BCUT2D eigenvalue weighted by atomic mass is 35.5. The van der Waals surface area contributed by atoms with E-state index in [-0.39, 0.29) is 17.7 Å². The summed E-state index contributed by atoms with van der Waals surface area (Å²) in [6.07, 6.45) is 0.663. The molecule has 1 unspecified atom stereocenters. The first-order chi connectivity index (χ1) is 12.4. The number of carbonyl (C=O) groups is 2. The largest absolute Gasteiger partial charge is 0.340 e. The third-order valence-electron chi connectivity index (χ3n) is 4.93. The molecule has 2 heterocycles. The fourth-order valence-electron chi connectivity index (χ4n) is 3.75. The molecule has 3 aromatic rings. The van der Waals surface area contributed by atoms with Crippen molar-refractivity contribution >= 4 is 56.8 Å². The summed E-state index contributed by atoms with van der Waals surface area (Å²) >= 11 is 12.4. The van der Waals surface area contributed by atoms with Crippen LogP contribution in [0, 0.1) is 5.92 Å². The van der Waals surface area contributed by atoms with E-state index in [1.807, 2.05) is 36.4 Å². The molecule has 0 saturated carbocycles. The zero-order valence-electron chi connectivity index (χ0n) is 14.3. The number of carbonyl (C=O) groups excluding carboxylic acids is 2. The van der Waals surface area contributed by atoms with E-state index in [1.54, 1.807) is 0 Å². The summed E-state index contributed by atoms with van der Waals surface area (Å²) < 4.78 is 2.22. The molecular weight excluding hydrogens is 371 g/mol. The van der Waals surface area contributed by atoms with Crippen LogP contribution in [-0.4, -0.2) is 27.8 Å². The molecule has 2 amide bonds. The number of hydrogen-bond acceptors (Lipinski definition) is 2. The van der Waals surface area contributed by atoms with E-state index in [2.05, 4.69) is 11.5 Å². The Morgan fingerprint density at radius 3 is 1.88 bits per heavy atom. The number of imide groups is 1. The average molecular weight is 389 g/mol. The lowest BCUT2D eigenvalue weighted by atomic mass is 10.1. The predicted molar refractivity (Wildman–Crippen MR) is 105 cm³/mol. The Hall–Kier alpha value is -2.04. The van der Waals surface area contributed by atoms with E-state index in [9.17, 15) is 9.59 Å². The van der Waals surface area contributed by atoms with Gasteiger partial charge in [0, 0.05) is 57.8 Å². The fourth-order valence-corrected chi connectivity index (χ4v) is 4.10. The third-order valence-corrected chi connectivity index (χ3v) is 5.40. The number of likely N-dealkylation sites (tertiary alicyclic amines) is 1. The summed E-state index contributed by atoms with van der Waals surface area (Å²) in [5.74, 6) is -0.00331. The molecule has 4 rings (SSSR count). The van der Waals surface area contributed by atoms with Gasteiger partial charge in [-0.15, -0.1) is 0 Å². The summed E-state index contributed by atoms with van der Waals surface area (Å²) in [5.41, 5.74) is 2.13. The summed E-state index contributed by atoms with van der Waals surface area (Å²) in [6, 6.07) is 11.7. The number of benzene rings is 2. The molecule has 1 aliphatic rings. The van der Waals surface area contributed by atoms with Gasteiger partial charge in [-0.3, -0.25) is 14.5 Å². The number of rotatable bonds is 4. The van der Waals surface area contributed by atoms with Gasteiger partial charge in [0.15, 0.2) is 0 Å². The molecule has 1 aliphatic heterocycles. The highest BCUT2D eigenvalue weighted by Crippen LogP contribution is 2.33. The van der Waals surface area contributed by atoms with Gasteiger partial charge >= 0.3 is 0 Å². The molecule has 0 spiro atoms. The van der Waals surface area contributed by atoms with Crippen molar-refractivity contribution in [3.05, 3.63) is 46.4 Å². The number of hydrogen-bond donors (Lipinski definition) is 0. The maximum Gasteiger partial charge on any atom is 0.229 e.